The minimum Gasteiger partial charge on any atom is -0.497 e. The van der Waals surface area contributed by atoms with Crippen molar-refractivity contribution < 1.29 is 23.9 Å². The predicted molar refractivity (Wildman–Crippen MR) is 132 cm³/mol. The number of ether oxygens (including phenoxy) is 2. The first-order valence-corrected chi connectivity index (χ1v) is 11.0. The minimum absolute atomic E-state index is 0.00670. The molecule has 0 radical (unpaired) electrons. The third-order valence-electron chi connectivity index (χ3n) is 5.37. The highest BCUT2D eigenvalue weighted by molar-refractivity contribution is 6.48. The summed E-state index contributed by atoms with van der Waals surface area (Å²) in [6.45, 7) is 0.119. The third kappa shape index (κ3) is 5.12. The van der Waals surface area contributed by atoms with Crippen LogP contribution in [0.5, 0.6) is 11.5 Å². The van der Waals surface area contributed by atoms with E-state index in [1.54, 1.807) is 49.6 Å². The summed E-state index contributed by atoms with van der Waals surface area (Å²) in [7, 11) is 3.04. The van der Waals surface area contributed by atoms with Crippen LogP contribution in [0.2, 0.25) is 0 Å². The Labute approximate surface area is 207 Å². The second-order valence-corrected chi connectivity index (χ2v) is 7.97. The zero-order valence-corrected chi connectivity index (χ0v) is 19.8. The molecular weight excluding hydrogens is 470 g/mol. The zero-order chi connectivity index (χ0) is 24.9. The van der Waals surface area contributed by atoms with Crippen LogP contribution in [0.1, 0.15) is 15.9 Å². The molecule has 0 aromatic heterocycles. The summed E-state index contributed by atoms with van der Waals surface area (Å²) in [6.07, 6.45) is 0. The minimum atomic E-state index is -0.563. The first-order chi connectivity index (χ1) is 16.9. The molecule has 3 aromatic carbocycles. The predicted octanol–water partition coefficient (Wildman–Crippen LogP) is 4.39. The molecule has 35 heavy (non-hydrogen) atoms. The molecule has 0 saturated heterocycles. The van der Waals surface area contributed by atoms with E-state index in [4.69, 9.17) is 21.1 Å². The Kier molecular flexibility index (Phi) is 7.03. The van der Waals surface area contributed by atoms with Gasteiger partial charge < -0.3 is 20.1 Å². The van der Waals surface area contributed by atoms with Gasteiger partial charge in [0.1, 0.15) is 22.2 Å². The maximum absolute atomic E-state index is 12.8. The lowest BCUT2D eigenvalue weighted by Gasteiger charge is -2.15. The number of imide groups is 1. The molecule has 2 N–H and O–H groups in total. The van der Waals surface area contributed by atoms with Crippen LogP contribution in [0.15, 0.2) is 83.5 Å². The molecule has 3 amide bonds. The largest absolute Gasteiger partial charge is 0.497 e. The molecule has 4 rings (SSSR count). The number of nitrogens with one attached hydrogen (secondary N) is 2. The van der Waals surface area contributed by atoms with Crippen LogP contribution in [0.3, 0.4) is 0 Å². The quantitative estimate of drug-likeness (QED) is 0.454. The number of nitrogens with zero attached hydrogens (tertiary/aromatic N) is 1. The van der Waals surface area contributed by atoms with Gasteiger partial charge >= 0.3 is 0 Å². The highest BCUT2D eigenvalue weighted by atomic mass is 35.5. The van der Waals surface area contributed by atoms with Crippen LogP contribution in [0, 0.1) is 0 Å². The molecular formula is C26H22ClN3O5. The standard InChI is InChI=1S/C26H22ClN3O5/c1-34-19-12-13-20(21(14-19)35-2)29-24(31)17-8-10-18(11-9-17)28-23-22(27)25(32)30(26(23)33)15-16-6-4-3-5-7-16/h3-14,28H,15H2,1-2H3,(H,29,31). The molecule has 0 spiro atoms. The molecule has 1 aliphatic heterocycles. The molecule has 0 atom stereocenters. The van der Waals surface area contributed by atoms with Gasteiger partial charge in [-0.25, -0.2) is 0 Å². The van der Waals surface area contributed by atoms with Gasteiger partial charge in [-0.05, 0) is 42.0 Å². The first kappa shape index (κ1) is 23.8. The van der Waals surface area contributed by atoms with E-state index in [-0.39, 0.29) is 23.2 Å². The summed E-state index contributed by atoms with van der Waals surface area (Å²) in [4.78, 5) is 39.2. The Balaban J connectivity index is 1.44. The van der Waals surface area contributed by atoms with Crippen molar-refractivity contribution in [2.24, 2.45) is 0 Å². The summed E-state index contributed by atoms with van der Waals surface area (Å²) < 4.78 is 10.5. The van der Waals surface area contributed by atoms with Crippen LogP contribution in [0.4, 0.5) is 11.4 Å². The molecule has 0 fully saturated rings. The van der Waals surface area contributed by atoms with Gasteiger partial charge in [0, 0.05) is 17.3 Å². The number of benzene rings is 3. The number of methoxy groups -OCH3 is 2. The number of carbonyl (C=O) groups is 3. The Morgan fingerprint density at radius 3 is 2.29 bits per heavy atom. The molecule has 3 aromatic rings. The highest BCUT2D eigenvalue weighted by Gasteiger charge is 2.37. The lowest BCUT2D eigenvalue weighted by atomic mass is 10.1. The van der Waals surface area contributed by atoms with Crippen LogP contribution in [0.25, 0.3) is 0 Å². The summed E-state index contributed by atoms with van der Waals surface area (Å²) in [5.74, 6) is -0.365. The number of rotatable bonds is 8. The summed E-state index contributed by atoms with van der Waals surface area (Å²) in [5, 5.41) is 5.52. The average Bonchev–Trinajstić information content (AvgIpc) is 3.08. The molecule has 0 bridgehead atoms. The fourth-order valence-electron chi connectivity index (χ4n) is 3.51. The van der Waals surface area contributed by atoms with Gasteiger partial charge in [0.05, 0.1) is 26.5 Å². The third-order valence-corrected chi connectivity index (χ3v) is 5.72. The van der Waals surface area contributed by atoms with E-state index in [1.807, 2.05) is 30.3 Å². The molecule has 0 unspecified atom stereocenters. The van der Waals surface area contributed by atoms with Gasteiger partial charge in [-0.3, -0.25) is 19.3 Å². The monoisotopic (exact) mass is 491 g/mol. The van der Waals surface area contributed by atoms with E-state index in [2.05, 4.69) is 10.6 Å². The van der Waals surface area contributed by atoms with Crippen molar-refractivity contribution in [2.45, 2.75) is 6.54 Å². The molecule has 8 nitrogen and oxygen atoms in total. The van der Waals surface area contributed by atoms with E-state index >= 15 is 0 Å². The molecule has 1 heterocycles. The van der Waals surface area contributed by atoms with Gasteiger partial charge in [0.2, 0.25) is 0 Å². The molecule has 0 saturated carbocycles. The Hall–Kier alpha value is -4.30. The Bertz CT molecular complexity index is 1310. The van der Waals surface area contributed by atoms with E-state index in [0.29, 0.717) is 28.4 Å². The maximum atomic E-state index is 12.8. The molecule has 9 heteroatoms. The summed E-state index contributed by atoms with van der Waals surface area (Å²) in [6, 6.07) is 20.6. The van der Waals surface area contributed by atoms with Crippen molar-refractivity contribution in [3.8, 4) is 11.5 Å². The maximum Gasteiger partial charge on any atom is 0.279 e. The van der Waals surface area contributed by atoms with Gasteiger partial charge in [0.25, 0.3) is 17.7 Å². The van der Waals surface area contributed by atoms with Gasteiger partial charge in [-0.15, -0.1) is 0 Å². The van der Waals surface area contributed by atoms with Crippen molar-refractivity contribution in [2.75, 3.05) is 24.9 Å². The van der Waals surface area contributed by atoms with Gasteiger partial charge in [-0.1, -0.05) is 41.9 Å². The van der Waals surface area contributed by atoms with E-state index in [0.717, 1.165) is 10.5 Å². The second-order valence-electron chi connectivity index (χ2n) is 7.59. The number of carbonyl (C=O) groups excluding carboxylic acids is 3. The van der Waals surface area contributed by atoms with Crippen LogP contribution in [-0.4, -0.2) is 36.8 Å². The number of halogens is 1. The number of hydrogen-bond donors (Lipinski definition) is 2. The van der Waals surface area contributed by atoms with E-state index < -0.39 is 11.8 Å². The van der Waals surface area contributed by atoms with Crippen molar-refractivity contribution in [1.29, 1.82) is 0 Å². The topological polar surface area (TPSA) is 97.0 Å². The fraction of sp³-hybridized carbons (Fsp3) is 0.115. The number of amides is 3. The second kappa shape index (κ2) is 10.3. The zero-order valence-electron chi connectivity index (χ0n) is 19.0. The summed E-state index contributed by atoms with van der Waals surface area (Å²) in [5.41, 5.74) is 2.18. The SMILES string of the molecule is COc1ccc(NC(=O)c2ccc(NC3=C(Cl)C(=O)N(Cc4ccccc4)C3=O)cc2)c(OC)c1. The Morgan fingerprint density at radius 1 is 0.914 bits per heavy atom. The average molecular weight is 492 g/mol. The van der Waals surface area contributed by atoms with E-state index in [9.17, 15) is 14.4 Å². The smallest absolute Gasteiger partial charge is 0.279 e. The normalized spacial score (nSPS) is 13.2. The number of hydrogen-bond acceptors (Lipinski definition) is 6. The van der Waals surface area contributed by atoms with Crippen LogP contribution in [-0.2, 0) is 16.1 Å². The summed E-state index contributed by atoms with van der Waals surface area (Å²) >= 11 is 6.18. The lowest BCUT2D eigenvalue weighted by molar-refractivity contribution is -0.138. The fourth-order valence-corrected chi connectivity index (χ4v) is 3.74. The molecule has 178 valence electrons. The van der Waals surface area contributed by atoms with Crippen LogP contribution >= 0.6 is 11.6 Å². The first-order valence-electron chi connectivity index (χ1n) is 10.6. The van der Waals surface area contributed by atoms with Crippen molar-refractivity contribution in [3.05, 3.63) is 94.7 Å². The molecule has 1 aliphatic rings. The Morgan fingerprint density at radius 2 is 1.63 bits per heavy atom. The van der Waals surface area contributed by atoms with Crippen LogP contribution < -0.4 is 20.1 Å². The van der Waals surface area contributed by atoms with Crippen molar-refractivity contribution in [1.82, 2.24) is 4.90 Å². The lowest BCUT2D eigenvalue weighted by Crippen LogP contribution is -2.31. The van der Waals surface area contributed by atoms with E-state index in [1.165, 1.54) is 7.11 Å². The van der Waals surface area contributed by atoms with Gasteiger partial charge in [-0.2, -0.15) is 0 Å². The highest BCUT2D eigenvalue weighted by Crippen LogP contribution is 2.30. The van der Waals surface area contributed by atoms with Crippen molar-refractivity contribution >= 4 is 40.7 Å². The molecule has 0 aliphatic carbocycles. The number of anilines is 2. The van der Waals surface area contributed by atoms with Crippen molar-refractivity contribution in [3.63, 3.8) is 0 Å². The van der Waals surface area contributed by atoms with Gasteiger partial charge in [0.15, 0.2) is 0 Å².